The lowest BCUT2D eigenvalue weighted by atomic mass is 9.81. The summed E-state index contributed by atoms with van der Waals surface area (Å²) in [5.74, 6) is -1.92. The summed E-state index contributed by atoms with van der Waals surface area (Å²) in [4.78, 5) is 12.8. The van der Waals surface area contributed by atoms with E-state index in [4.69, 9.17) is 23.7 Å². The number of carbonyl (C=O) groups is 1. The van der Waals surface area contributed by atoms with Crippen molar-refractivity contribution in [3.05, 3.63) is 42.2 Å². The topological polar surface area (TPSA) is 205 Å². The Hall–Kier alpha value is -2.75. The molecule has 2 heterocycles. The van der Waals surface area contributed by atoms with Gasteiger partial charge in [-0.25, -0.2) is 4.79 Å². The molecule has 210 valence electrons. The van der Waals surface area contributed by atoms with E-state index >= 15 is 0 Å². The van der Waals surface area contributed by atoms with Crippen LogP contribution in [0.5, 0.6) is 11.5 Å². The van der Waals surface area contributed by atoms with Crippen LogP contribution in [-0.2, 0) is 23.7 Å². The number of fused-ring (bicyclic) bond motifs is 1. The summed E-state index contributed by atoms with van der Waals surface area (Å²) < 4.78 is 27.3. The number of phenolic OH excluding ortho intramolecular Hbond substituents is 1. The minimum absolute atomic E-state index is 0.0743. The van der Waals surface area contributed by atoms with Crippen molar-refractivity contribution >= 4 is 12.0 Å². The van der Waals surface area contributed by atoms with Gasteiger partial charge >= 0.3 is 5.97 Å². The molecule has 0 unspecified atom stereocenters. The molecule has 13 nitrogen and oxygen atoms in total. The van der Waals surface area contributed by atoms with Crippen LogP contribution in [0.3, 0.4) is 0 Å². The molecule has 1 saturated carbocycles. The summed E-state index contributed by atoms with van der Waals surface area (Å²) in [6, 6.07) is 4.44. The monoisotopic (exact) mass is 540 g/mol. The second-order valence-corrected chi connectivity index (χ2v) is 9.72. The highest BCUT2D eigenvalue weighted by Crippen LogP contribution is 2.51. The zero-order valence-corrected chi connectivity index (χ0v) is 20.7. The van der Waals surface area contributed by atoms with E-state index in [1.165, 1.54) is 38.3 Å². The third kappa shape index (κ3) is 5.11. The van der Waals surface area contributed by atoms with Crippen LogP contribution in [0.15, 0.2) is 36.6 Å². The molecule has 13 heteroatoms. The van der Waals surface area contributed by atoms with Crippen molar-refractivity contribution in [3.8, 4) is 11.5 Å². The first-order valence-corrected chi connectivity index (χ1v) is 11.9. The van der Waals surface area contributed by atoms with Gasteiger partial charge in [-0.3, -0.25) is 0 Å². The first-order valence-electron chi connectivity index (χ1n) is 11.9. The summed E-state index contributed by atoms with van der Waals surface area (Å²) in [5.41, 5.74) is -2.98. The molecule has 3 aliphatic rings. The molecule has 1 saturated heterocycles. The molecule has 4 rings (SSSR count). The smallest absolute Gasteiger partial charge is 0.331 e. The minimum atomic E-state index is -1.96. The molecule has 10 atom stereocenters. The largest absolute Gasteiger partial charge is 0.504 e. The van der Waals surface area contributed by atoms with E-state index in [1.807, 2.05) is 0 Å². The Balaban J connectivity index is 1.54. The van der Waals surface area contributed by atoms with Crippen molar-refractivity contribution in [2.75, 3.05) is 13.7 Å². The van der Waals surface area contributed by atoms with Crippen LogP contribution >= 0.6 is 0 Å². The summed E-state index contributed by atoms with van der Waals surface area (Å²) in [5, 5.41) is 71.7. The zero-order chi connectivity index (χ0) is 27.8. The van der Waals surface area contributed by atoms with E-state index in [-0.39, 0.29) is 17.9 Å². The van der Waals surface area contributed by atoms with Crippen LogP contribution in [-0.4, -0.2) is 110 Å². The number of hydrogen-bond acceptors (Lipinski definition) is 13. The molecule has 1 aromatic carbocycles. The lowest BCUT2D eigenvalue weighted by Crippen LogP contribution is -2.62. The fraction of sp³-hybridized carbons (Fsp3) is 0.560. The maximum atomic E-state index is 12.8. The fourth-order valence-electron chi connectivity index (χ4n) is 5.15. The van der Waals surface area contributed by atoms with Gasteiger partial charge in [-0.15, -0.1) is 0 Å². The number of benzene rings is 1. The molecular formula is C25H32O13. The van der Waals surface area contributed by atoms with Gasteiger partial charge in [0.05, 0.1) is 32.0 Å². The molecule has 0 aromatic heterocycles. The molecule has 2 fully saturated rings. The van der Waals surface area contributed by atoms with Crippen LogP contribution in [0.25, 0.3) is 6.08 Å². The molecule has 0 amide bonds. The molecule has 0 spiro atoms. The van der Waals surface area contributed by atoms with E-state index in [0.29, 0.717) is 5.56 Å². The van der Waals surface area contributed by atoms with Gasteiger partial charge in [0, 0.05) is 12.5 Å². The standard InChI is InChI=1S/C25H32O13/c1-24(38-17(29)6-4-12-3-5-13(27)14(9-12)34-2)10-16(28)25(33)7-8-35-23(21(24)25)37-22-20(32)19(31)18(30)15(11-26)36-22/h3-9,15-16,18-23,26-28,30-33H,10-11H2,1-2H3/t15-,16+,18-,19+,20-,21+,22+,23-,24-,25+/m0/s1. The van der Waals surface area contributed by atoms with Crippen LogP contribution in [0.2, 0.25) is 0 Å². The number of rotatable bonds is 7. The Labute approximate surface area is 217 Å². The van der Waals surface area contributed by atoms with E-state index < -0.39 is 72.8 Å². The van der Waals surface area contributed by atoms with Crippen LogP contribution in [0.1, 0.15) is 18.9 Å². The van der Waals surface area contributed by atoms with Crippen LogP contribution < -0.4 is 4.74 Å². The van der Waals surface area contributed by atoms with Crippen molar-refractivity contribution in [3.63, 3.8) is 0 Å². The Morgan fingerprint density at radius 1 is 1.16 bits per heavy atom. The Morgan fingerprint density at radius 3 is 2.58 bits per heavy atom. The third-order valence-electron chi connectivity index (χ3n) is 7.17. The molecule has 38 heavy (non-hydrogen) atoms. The molecule has 0 radical (unpaired) electrons. The second kappa shape index (κ2) is 10.8. The number of ether oxygens (including phenoxy) is 5. The number of carbonyl (C=O) groups excluding carboxylic acids is 1. The quantitative estimate of drug-likeness (QED) is 0.156. The van der Waals surface area contributed by atoms with Crippen molar-refractivity contribution < 1.29 is 64.2 Å². The van der Waals surface area contributed by atoms with Gasteiger partial charge in [-0.1, -0.05) is 6.07 Å². The predicted octanol–water partition coefficient (Wildman–Crippen LogP) is -1.49. The van der Waals surface area contributed by atoms with Crippen molar-refractivity contribution in [1.82, 2.24) is 0 Å². The number of aromatic hydroxyl groups is 1. The fourth-order valence-corrected chi connectivity index (χ4v) is 5.15. The first kappa shape index (κ1) is 28.3. The summed E-state index contributed by atoms with van der Waals surface area (Å²) in [6.07, 6.45) is -6.16. The van der Waals surface area contributed by atoms with Crippen LogP contribution in [0.4, 0.5) is 0 Å². The number of methoxy groups -OCH3 is 1. The summed E-state index contributed by atoms with van der Waals surface area (Å²) in [7, 11) is 1.38. The van der Waals surface area contributed by atoms with Crippen molar-refractivity contribution in [2.45, 2.75) is 67.6 Å². The predicted molar refractivity (Wildman–Crippen MR) is 126 cm³/mol. The molecule has 7 N–H and O–H groups in total. The lowest BCUT2D eigenvalue weighted by molar-refractivity contribution is -0.351. The van der Waals surface area contributed by atoms with E-state index in [2.05, 4.69) is 0 Å². The molecule has 1 aliphatic carbocycles. The average molecular weight is 541 g/mol. The van der Waals surface area contributed by atoms with E-state index in [9.17, 15) is 40.5 Å². The maximum absolute atomic E-state index is 12.8. The highest BCUT2D eigenvalue weighted by Gasteiger charge is 2.66. The van der Waals surface area contributed by atoms with E-state index in [1.54, 1.807) is 6.07 Å². The van der Waals surface area contributed by atoms with Gasteiger partial charge in [0.25, 0.3) is 0 Å². The first-order chi connectivity index (χ1) is 17.9. The van der Waals surface area contributed by atoms with Gasteiger partial charge in [0.15, 0.2) is 17.8 Å². The second-order valence-electron chi connectivity index (χ2n) is 9.72. The van der Waals surface area contributed by atoms with Gasteiger partial charge in [-0.2, -0.15) is 0 Å². The summed E-state index contributed by atoms with van der Waals surface area (Å²) in [6.45, 7) is 0.789. The van der Waals surface area contributed by atoms with Crippen LogP contribution in [0, 0.1) is 5.92 Å². The summed E-state index contributed by atoms with van der Waals surface area (Å²) >= 11 is 0. The van der Waals surface area contributed by atoms with Crippen molar-refractivity contribution in [1.29, 1.82) is 0 Å². The molecule has 0 bridgehead atoms. The Morgan fingerprint density at radius 2 is 1.89 bits per heavy atom. The van der Waals surface area contributed by atoms with Crippen molar-refractivity contribution in [2.24, 2.45) is 5.92 Å². The number of hydrogen-bond donors (Lipinski definition) is 7. The van der Waals surface area contributed by atoms with Gasteiger partial charge in [-0.05, 0) is 36.8 Å². The number of aliphatic hydroxyl groups excluding tert-OH is 5. The zero-order valence-electron chi connectivity index (χ0n) is 20.7. The van der Waals surface area contributed by atoms with Gasteiger partial charge in [0.1, 0.15) is 35.6 Å². The van der Waals surface area contributed by atoms with Gasteiger partial charge in [0.2, 0.25) is 6.29 Å². The molecule has 1 aromatic rings. The highest BCUT2D eigenvalue weighted by atomic mass is 16.8. The number of esters is 1. The highest BCUT2D eigenvalue weighted by molar-refractivity contribution is 5.87. The number of phenols is 1. The third-order valence-corrected chi connectivity index (χ3v) is 7.17. The average Bonchev–Trinajstić information content (AvgIpc) is 3.08. The molecular weight excluding hydrogens is 508 g/mol. The SMILES string of the molecule is COc1cc(C=CC(=O)O[C@@]2(C)C[C@@H](O)[C@]3(O)C=CO[C@@H](O[C@H]4O[C@@H](CO)[C@H](O)[C@@H](O)[C@@H]4O)[C@@H]32)ccc1O. The number of aliphatic hydroxyl groups is 6. The Kier molecular flexibility index (Phi) is 8.02. The van der Waals surface area contributed by atoms with Gasteiger partial charge < -0.3 is 59.4 Å². The van der Waals surface area contributed by atoms with E-state index in [0.717, 1.165) is 12.3 Å². The maximum Gasteiger partial charge on any atom is 0.331 e. The normalized spacial score (nSPS) is 40.5. The Bertz CT molecular complexity index is 1070. The minimum Gasteiger partial charge on any atom is -0.504 e. The molecule has 2 aliphatic heterocycles. The lowest BCUT2D eigenvalue weighted by Gasteiger charge is -2.45.